The molecule has 2 heterocycles. The normalized spacial score (nSPS) is 33.2. The summed E-state index contributed by atoms with van der Waals surface area (Å²) in [6.07, 6.45) is 10.7. The van der Waals surface area contributed by atoms with Crippen molar-refractivity contribution in [3.8, 4) is 11.4 Å². The average molecular weight is 351 g/mol. The van der Waals surface area contributed by atoms with Gasteiger partial charge in [0.2, 0.25) is 5.91 Å². The minimum absolute atomic E-state index is 0.130. The fraction of sp³-hybridized carbons (Fsp3) is 0.600. The number of nitrogens with zero attached hydrogens (tertiary/aromatic N) is 3. The number of hydrogen-bond acceptors (Lipinski definition) is 4. The van der Waals surface area contributed by atoms with E-state index in [9.17, 15) is 4.79 Å². The van der Waals surface area contributed by atoms with Gasteiger partial charge in [-0.15, -0.1) is 0 Å². The number of aromatic nitrogens is 4. The van der Waals surface area contributed by atoms with Gasteiger partial charge in [0.1, 0.15) is 5.82 Å². The Hall–Kier alpha value is -2.24. The smallest absolute Gasteiger partial charge is 0.226 e. The number of aromatic amines is 1. The molecular weight excluding hydrogens is 326 g/mol. The minimum atomic E-state index is -0.173. The molecule has 4 saturated carbocycles. The first-order valence-electron chi connectivity index (χ1n) is 9.75. The van der Waals surface area contributed by atoms with Gasteiger partial charge in [0.15, 0.2) is 5.82 Å². The summed E-state index contributed by atoms with van der Waals surface area (Å²) in [6, 6.07) is 3.62. The van der Waals surface area contributed by atoms with Crippen LogP contribution in [0.4, 0.5) is 0 Å². The van der Waals surface area contributed by atoms with E-state index in [2.05, 4.69) is 25.5 Å². The number of carbonyl (C=O) groups is 1. The Bertz CT molecular complexity index is 779. The Labute approximate surface area is 153 Å². The Kier molecular flexibility index (Phi) is 3.62. The summed E-state index contributed by atoms with van der Waals surface area (Å²) >= 11 is 0. The molecule has 6 nitrogen and oxygen atoms in total. The average Bonchev–Trinajstić information content (AvgIpc) is 3.11. The van der Waals surface area contributed by atoms with Crippen molar-refractivity contribution >= 4 is 5.91 Å². The maximum absolute atomic E-state index is 13.2. The van der Waals surface area contributed by atoms with Gasteiger partial charge in [0.05, 0.1) is 6.04 Å². The van der Waals surface area contributed by atoms with Crippen LogP contribution in [0, 0.1) is 23.2 Å². The first kappa shape index (κ1) is 16.0. The molecule has 4 bridgehead atoms. The van der Waals surface area contributed by atoms with Crippen LogP contribution in [0.15, 0.2) is 24.5 Å². The lowest BCUT2D eigenvalue weighted by Gasteiger charge is -2.55. The number of H-pyrrole nitrogens is 1. The monoisotopic (exact) mass is 351 g/mol. The Morgan fingerprint density at radius 1 is 1.23 bits per heavy atom. The molecule has 0 radical (unpaired) electrons. The molecule has 6 rings (SSSR count). The van der Waals surface area contributed by atoms with Crippen LogP contribution in [0.1, 0.15) is 57.3 Å². The van der Waals surface area contributed by atoms with Crippen molar-refractivity contribution in [3.05, 3.63) is 30.4 Å². The van der Waals surface area contributed by atoms with Crippen LogP contribution in [0.2, 0.25) is 0 Å². The second-order valence-corrected chi connectivity index (χ2v) is 8.68. The fourth-order valence-corrected chi connectivity index (χ4v) is 5.90. The highest BCUT2D eigenvalue weighted by atomic mass is 16.2. The van der Waals surface area contributed by atoms with E-state index >= 15 is 0 Å². The molecule has 2 aromatic heterocycles. The van der Waals surface area contributed by atoms with Gasteiger partial charge in [-0.1, -0.05) is 0 Å². The van der Waals surface area contributed by atoms with Gasteiger partial charge >= 0.3 is 0 Å². The van der Waals surface area contributed by atoms with Crippen molar-refractivity contribution in [2.75, 3.05) is 0 Å². The van der Waals surface area contributed by atoms with Crippen molar-refractivity contribution in [2.24, 2.45) is 23.2 Å². The van der Waals surface area contributed by atoms with Gasteiger partial charge in [-0.2, -0.15) is 5.10 Å². The molecule has 4 fully saturated rings. The third-order valence-electron chi connectivity index (χ3n) is 6.70. The number of hydrogen-bond donors (Lipinski definition) is 2. The Morgan fingerprint density at radius 3 is 2.54 bits per heavy atom. The van der Waals surface area contributed by atoms with Crippen molar-refractivity contribution in [3.63, 3.8) is 0 Å². The molecule has 1 amide bonds. The lowest BCUT2D eigenvalue weighted by molar-refractivity contribution is -0.147. The van der Waals surface area contributed by atoms with E-state index in [4.69, 9.17) is 0 Å². The third-order valence-corrected chi connectivity index (χ3v) is 6.70. The first-order valence-corrected chi connectivity index (χ1v) is 9.75. The third kappa shape index (κ3) is 2.63. The fourth-order valence-electron chi connectivity index (χ4n) is 5.90. The highest BCUT2D eigenvalue weighted by molar-refractivity contribution is 5.83. The minimum Gasteiger partial charge on any atom is -0.346 e. The summed E-state index contributed by atoms with van der Waals surface area (Å²) in [5.41, 5.74) is 0.740. The van der Waals surface area contributed by atoms with E-state index in [1.807, 2.05) is 19.1 Å². The summed E-state index contributed by atoms with van der Waals surface area (Å²) < 4.78 is 0. The molecule has 26 heavy (non-hydrogen) atoms. The van der Waals surface area contributed by atoms with Gasteiger partial charge in [0, 0.05) is 23.4 Å². The summed E-state index contributed by atoms with van der Waals surface area (Å²) in [6.45, 7) is 1.98. The van der Waals surface area contributed by atoms with Crippen LogP contribution in [-0.4, -0.2) is 26.1 Å². The van der Waals surface area contributed by atoms with Crippen LogP contribution in [-0.2, 0) is 4.79 Å². The summed E-state index contributed by atoms with van der Waals surface area (Å²) in [5.74, 6) is 3.84. The van der Waals surface area contributed by atoms with Crippen molar-refractivity contribution in [1.29, 1.82) is 0 Å². The van der Waals surface area contributed by atoms with Gasteiger partial charge in [-0.25, -0.2) is 4.98 Å². The molecule has 0 saturated heterocycles. The number of amides is 1. The highest BCUT2D eigenvalue weighted by Gasteiger charge is 2.54. The lowest BCUT2D eigenvalue weighted by atomic mass is 9.49. The van der Waals surface area contributed by atoms with E-state index in [1.54, 1.807) is 12.4 Å². The van der Waals surface area contributed by atoms with Crippen LogP contribution in [0.25, 0.3) is 11.4 Å². The van der Waals surface area contributed by atoms with E-state index < -0.39 is 0 Å². The number of pyridine rings is 1. The molecule has 4 aliphatic carbocycles. The summed E-state index contributed by atoms with van der Waals surface area (Å²) in [4.78, 5) is 21.8. The van der Waals surface area contributed by atoms with Gasteiger partial charge in [-0.3, -0.25) is 14.9 Å². The van der Waals surface area contributed by atoms with Crippen molar-refractivity contribution < 1.29 is 4.79 Å². The second-order valence-electron chi connectivity index (χ2n) is 8.68. The predicted molar refractivity (Wildman–Crippen MR) is 96.8 cm³/mol. The van der Waals surface area contributed by atoms with Crippen molar-refractivity contribution in [1.82, 2.24) is 25.5 Å². The van der Waals surface area contributed by atoms with Gasteiger partial charge < -0.3 is 5.32 Å². The SMILES string of the molecule is C[C@H](NC(=O)C12CC3CC(CC(C3)C1)C2)c1nc(-c2cccnc2)n[nH]1. The highest BCUT2D eigenvalue weighted by Crippen LogP contribution is 2.60. The van der Waals surface area contributed by atoms with Crippen LogP contribution < -0.4 is 5.32 Å². The number of nitrogens with one attached hydrogen (secondary N) is 2. The molecular formula is C20H25N5O. The molecule has 2 aromatic rings. The maximum atomic E-state index is 13.2. The zero-order valence-electron chi connectivity index (χ0n) is 15.1. The molecule has 6 heteroatoms. The molecule has 136 valence electrons. The van der Waals surface area contributed by atoms with E-state index in [-0.39, 0.29) is 17.4 Å². The first-order chi connectivity index (χ1) is 12.6. The Balaban J connectivity index is 1.31. The predicted octanol–water partition coefficient (Wildman–Crippen LogP) is 3.26. The van der Waals surface area contributed by atoms with E-state index in [0.717, 1.165) is 42.6 Å². The van der Waals surface area contributed by atoms with E-state index in [1.165, 1.54) is 19.3 Å². The van der Waals surface area contributed by atoms with E-state index in [0.29, 0.717) is 11.6 Å². The molecule has 0 aromatic carbocycles. The number of carbonyl (C=O) groups excluding carboxylic acids is 1. The largest absolute Gasteiger partial charge is 0.346 e. The molecule has 2 N–H and O–H groups in total. The Morgan fingerprint density at radius 2 is 1.92 bits per heavy atom. The number of rotatable bonds is 4. The molecule has 4 aliphatic rings. The molecule has 0 aliphatic heterocycles. The molecule has 0 spiro atoms. The standard InChI is InChI=1S/C20H25N5O/c1-12(17-23-18(25-24-17)16-3-2-4-21-11-16)22-19(26)20-8-13-5-14(9-20)7-15(6-13)10-20/h2-4,11-15H,5-10H2,1H3,(H,22,26)(H,23,24,25)/t12-,13?,14?,15?,20?/m0/s1. The quantitative estimate of drug-likeness (QED) is 0.885. The topological polar surface area (TPSA) is 83.6 Å². The van der Waals surface area contributed by atoms with Gasteiger partial charge in [0.25, 0.3) is 0 Å². The molecule has 1 atom stereocenters. The molecule has 0 unspecified atom stereocenters. The maximum Gasteiger partial charge on any atom is 0.226 e. The van der Waals surface area contributed by atoms with Crippen LogP contribution >= 0.6 is 0 Å². The lowest BCUT2D eigenvalue weighted by Crippen LogP contribution is -2.53. The van der Waals surface area contributed by atoms with Crippen LogP contribution in [0.5, 0.6) is 0 Å². The van der Waals surface area contributed by atoms with Crippen LogP contribution in [0.3, 0.4) is 0 Å². The van der Waals surface area contributed by atoms with Gasteiger partial charge in [-0.05, 0) is 75.3 Å². The zero-order chi connectivity index (χ0) is 17.7. The second kappa shape index (κ2) is 5.89. The zero-order valence-corrected chi connectivity index (χ0v) is 15.1. The summed E-state index contributed by atoms with van der Waals surface area (Å²) in [5, 5.41) is 10.5. The van der Waals surface area contributed by atoms with Crippen molar-refractivity contribution in [2.45, 2.75) is 51.5 Å². The summed E-state index contributed by atoms with van der Waals surface area (Å²) in [7, 11) is 0.